The third-order valence-corrected chi connectivity index (χ3v) is 12.4. The maximum Gasteiger partial charge on any atom is 0.514 e. The molecule has 45 heavy (non-hydrogen) atoms. The maximum atomic E-state index is 13.0. The standard InChI is InChI=1S/C34H41NO10/c1-20(36)43-26-18-34(39)32(3)15-11-22-17-25(45-30(38)44-24-8-6-23(7-9-24)35(40)41)12-14-31(22,2)27(32)13-16-33(34,4)29(26)21-5-10-28(37)42-19-21/h5-10,19,22,25-27,29,39H,11-18H2,1-4H3/t22-,25+,26+,27-,29+,31+,32-,33-,34+/m1/s1. The first kappa shape index (κ1) is 31.3. The van der Waals surface area contributed by atoms with Crippen LogP contribution in [0.5, 0.6) is 5.75 Å². The number of nitrogens with zero attached hydrogens (tertiary/aromatic N) is 1. The molecule has 11 nitrogen and oxygen atoms in total. The average molecular weight is 624 g/mol. The molecule has 6 rings (SSSR count). The van der Waals surface area contributed by atoms with E-state index in [0.717, 1.165) is 37.7 Å². The van der Waals surface area contributed by atoms with Gasteiger partial charge in [0.25, 0.3) is 5.69 Å². The van der Waals surface area contributed by atoms with Gasteiger partial charge in [-0.15, -0.1) is 0 Å². The molecule has 4 fully saturated rings. The highest BCUT2D eigenvalue weighted by Crippen LogP contribution is 2.75. The van der Waals surface area contributed by atoms with Crippen LogP contribution in [0, 0.1) is 38.2 Å². The predicted molar refractivity (Wildman–Crippen MR) is 160 cm³/mol. The van der Waals surface area contributed by atoms with Crippen LogP contribution in [0.2, 0.25) is 0 Å². The second-order valence-corrected chi connectivity index (χ2v) is 14.4. The highest BCUT2D eigenvalue weighted by molar-refractivity contribution is 5.66. The minimum Gasteiger partial charge on any atom is -0.462 e. The monoisotopic (exact) mass is 623 g/mol. The van der Waals surface area contributed by atoms with Crippen LogP contribution in [-0.2, 0) is 14.3 Å². The van der Waals surface area contributed by atoms with Crippen LogP contribution in [-0.4, -0.2) is 40.0 Å². The summed E-state index contributed by atoms with van der Waals surface area (Å²) in [5, 5.41) is 23.8. The molecule has 4 aliphatic carbocycles. The molecular weight excluding hydrogens is 582 g/mol. The Kier molecular flexibility index (Phi) is 7.61. The van der Waals surface area contributed by atoms with Gasteiger partial charge in [0.15, 0.2) is 0 Å². The molecule has 242 valence electrons. The lowest BCUT2D eigenvalue weighted by atomic mass is 9.38. The van der Waals surface area contributed by atoms with Crippen LogP contribution in [0.15, 0.2) is 51.9 Å². The van der Waals surface area contributed by atoms with Crippen LogP contribution >= 0.6 is 0 Å². The smallest absolute Gasteiger partial charge is 0.462 e. The molecule has 4 saturated carbocycles. The molecule has 11 heteroatoms. The van der Waals surface area contributed by atoms with Crippen LogP contribution in [0.25, 0.3) is 0 Å². The minimum atomic E-state index is -1.14. The Morgan fingerprint density at radius 1 is 0.978 bits per heavy atom. The highest BCUT2D eigenvalue weighted by atomic mass is 16.7. The second-order valence-electron chi connectivity index (χ2n) is 14.4. The Morgan fingerprint density at radius 2 is 1.69 bits per heavy atom. The third kappa shape index (κ3) is 4.94. The van der Waals surface area contributed by atoms with Gasteiger partial charge in [0, 0.05) is 48.3 Å². The second kappa shape index (κ2) is 11.0. The Morgan fingerprint density at radius 3 is 2.33 bits per heavy atom. The summed E-state index contributed by atoms with van der Waals surface area (Å²) >= 11 is 0. The Labute approximate surface area is 261 Å². The van der Waals surface area contributed by atoms with Crippen molar-refractivity contribution in [3.05, 3.63) is 68.8 Å². The van der Waals surface area contributed by atoms with Gasteiger partial charge in [-0.1, -0.05) is 20.8 Å². The van der Waals surface area contributed by atoms with Gasteiger partial charge in [0.2, 0.25) is 0 Å². The minimum absolute atomic E-state index is 0.0947. The van der Waals surface area contributed by atoms with Gasteiger partial charge in [-0.05, 0) is 86.0 Å². The number of ether oxygens (including phenoxy) is 3. The Bertz CT molecular complexity index is 1530. The average Bonchev–Trinajstić information content (AvgIpc) is 3.20. The van der Waals surface area contributed by atoms with E-state index in [4.69, 9.17) is 18.6 Å². The van der Waals surface area contributed by atoms with Crippen molar-refractivity contribution >= 4 is 17.8 Å². The normalized spacial score (nSPS) is 38.6. The zero-order chi connectivity index (χ0) is 32.4. The van der Waals surface area contributed by atoms with Gasteiger partial charge in [-0.3, -0.25) is 14.9 Å². The number of carbonyl (C=O) groups excluding carboxylic acids is 2. The van der Waals surface area contributed by atoms with Gasteiger partial charge in [-0.2, -0.15) is 0 Å². The van der Waals surface area contributed by atoms with Crippen molar-refractivity contribution < 1.29 is 38.2 Å². The zero-order valence-electron chi connectivity index (χ0n) is 26.2. The van der Waals surface area contributed by atoms with Crippen LogP contribution < -0.4 is 10.4 Å². The van der Waals surface area contributed by atoms with Gasteiger partial charge >= 0.3 is 17.8 Å². The summed E-state index contributed by atoms with van der Waals surface area (Å²) < 4.78 is 22.2. The number of carbonyl (C=O) groups is 2. The van der Waals surface area contributed by atoms with Crippen molar-refractivity contribution in [2.75, 3.05) is 0 Å². The topological polar surface area (TPSA) is 155 Å². The van der Waals surface area contributed by atoms with Crippen LogP contribution in [0.3, 0.4) is 0 Å². The van der Waals surface area contributed by atoms with Crippen molar-refractivity contribution in [2.45, 2.75) is 103 Å². The van der Waals surface area contributed by atoms with E-state index in [9.17, 15) is 29.6 Å². The number of hydrogen-bond donors (Lipinski definition) is 1. The number of nitro groups is 1. The van der Waals surface area contributed by atoms with E-state index in [0.29, 0.717) is 19.3 Å². The molecule has 0 unspecified atom stereocenters. The van der Waals surface area contributed by atoms with E-state index >= 15 is 0 Å². The lowest BCUT2D eigenvalue weighted by Crippen LogP contribution is -2.67. The van der Waals surface area contributed by atoms with Crippen molar-refractivity contribution in [2.24, 2.45) is 28.1 Å². The fourth-order valence-electron chi connectivity index (χ4n) is 10.3. The van der Waals surface area contributed by atoms with Gasteiger partial charge in [0.05, 0.1) is 16.8 Å². The molecule has 4 aliphatic rings. The Hall–Kier alpha value is -3.73. The summed E-state index contributed by atoms with van der Waals surface area (Å²) in [4.78, 5) is 47.0. The van der Waals surface area contributed by atoms with E-state index in [1.165, 1.54) is 43.5 Å². The number of esters is 1. The molecule has 0 aliphatic heterocycles. The molecule has 2 aromatic rings. The number of aliphatic hydroxyl groups is 1. The van der Waals surface area contributed by atoms with Crippen molar-refractivity contribution in [3.8, 4) is 5.75 Å². The Balaban J connectivity index is 1.20. The largest absolute Gasteiger partial charge is 0.514 e. The summed E-state index contributed by atoms with van der Waals surface area (Å²) in [6.07, 6.45) is 5.45. The van der Waals surface area contributed by atoms with E-state index in [1.54, 1.807) is 6.07 Å². The summed E-state index contributed by atoms with van der Waals surface area (Å²) in [6, 6.07) is 8.39. The summed E-state index contributed by atoms with van der Waals surface area (Å²) in [5.74, 6) is -0.0849. The first-order valence-corrected chi connectivity index (χ1v) is 15.8. The lowest BCUT2D eigenvalue weighted by molar-refractivity contribution is -0.384. The molecule has 0 radical (unpaired) electrons. The van der Waals surface area contributed by atoms with Crippen molar-refractivity contribution in [1.29, 1.82) is 0 Å². The van der Waals surface area contributed by atoms with E-state index in [-0.39, 0.29) is 40.7 Å². The summed E-state index contributed by atoms with van der Waals surface area (Å²) in [6.45, 7) is 8.01. The molecule has 1 heterocycles. The zero-order valence-corrected chi connectivity index (χ0v) is 26.2. The highest BCUT2D eigenvalue weighted by Gasteiger charge is 2.75. The quantitative estimate of drug-likeness (QED) is 0.173. The summed E-state index contributed by atoms with van der Waals surface area (Å²) in [7, 11) is 0. The number of nitro benzene ring substituents is 1. The number of non-ortho nitro benzene ring substituents is 1. The summed E-state index contributed by atoms with van der Waals surface area (Å²) in [5.41, 5.74) is -2.12. The lowest BCUT2D eigenvalue weighted by Gasteiger charge is -2.68. The number of hydrogen-bond acceptors (Lipinski definition) is 10. The van der Waals surface area contributed by atoms with Gasteiger partial charge < -0.3 is 23.7 Å². The van der Waals surface area contributed by atoms with Crippen LogP contribution in [0.1, 0.15) is 90.5 Å². The molecule has 1 N–H and O–H groups in total. The molecule has 0 bridgehead atoms. The molecule has 9 atom stereocenters. The fourth-order valence-corrected chi connectivity index (χ4v) is 10.3. The maximum absolute atomic E-state index is 13.0. The first-order chi connectivity index (χ1) is 21.2. The molecule has 1 aromatic carbocycles. The van der Waals surface area contributed by atoms with Crippen molar-refractivity contribution in [1.82, 2.24) is 0 Å². The molecule has 0 saturated heterocycles. The van der Waals surface area contributed by atoms with E-state index < -0.39 is 45.2 Å². The number of benzene rings is 1. The third-order valence-electron chi connectivity index (χ3n) is 12.4. The molecule has 1 aromatic heterocycles. The predicted octanol–water partition coefficient (Wildman–Crippen LogP) is 6.31. The molecular formula is C34H41NO10. The van der Waals surface area contributed by atoms with Crippen molar-refractivity contribution in [3.63, 3.8) is 0 Å². The van der Waals surface area contributed by atoms with Gasteiger partial charge in [0.1, 0.15) is 18.0 Å². The molecule has 0 spiro atoms. The molecule has 0 amide bonds. The van der Waals surface area contributed by atoms with E-state index in [2.05, 4.69) is 20.8 Å². The SMILES string of the molecule is CC(=O)O[C@H]1C[C@]2(O)[C@]3(C)CC[C@@H]4C[C@@H](OC(=O)Oc5ccc([N+](=O)[O-])cc5)CC[C@]4(C)[C@H]3CC[C@]2(C)[C@H]1c1ccc(=O)oc1. The van der Waals surface area contributed by atoms with Gasteiger partial charge in [-0.25, -0.2) is 9.59 Å². The number of fused-ring (bicyclic) bond motifs is 5. The first-order valence-electron chi connectivity index (χ1n) is 15.8. The number of rotatable bonds is 5. The van der Waals surface area contributed by atoms with Crippen LogP contribution in [0.4, 0.5) is 10.5 Å². The fraction of sp³-hybridized carbons (Fsp3) is 0.618. The van der Waals surface area contributed by atoms with E-state index in [1.807, 2.05) is 0 Å².